The Morgan fingerprint density at radius 2 is 1.61 bits per heavy atom. The van der Waals surface area contributed by atoms with Crippen LogP contribution in [0.15, 0.2) is 53.4 Å². The number of benzene rings is 2. The Morgan fingerprint density at radius 1 is 0.921 bits per heavy atom. The topological polar surface area (TPSA) is 113 Å². The lowest BCUT2D eigenvalue weighted by Crippen LogP contribution is -2.43. The van der Waals surface area contributed by atoms with Crippen molar-refractivity contribution in [2.45, 2.75) is 49.7 Å². The van der Waals surface area contributed by atoms with Crippen molar-refractivity contribution in [3.8, 4) is 5.75 Å². The number of carbonyl (C=O) groups excluding carboxylic acids is 1. The van der Waals surface area contributed by atoms with Crippen molar-refractivity contribution >= 4 is 26.0 Å². The number of nitrogens with one attached hydrogen (secondary N) is 1. The molecule has 9 nitrogen and oxygen atoms in total. The first-order valence-corrected chi connectivity index (χ1v) is 16.2. The lowest BCUT2D eigenvalue weighted by molar-refractivity contribution is -0.126. The van der Waals surface area contributed by atoms with E-state index in [4.69, 9.17) is 4.74 Å². The summed E-state index contributed by atoms with van der Waals surface area (Å²) in [6.45, 7) is 4.26. The lowest BCUT2D eigenvalue weighted by atomic mass is 9.97. The van der Waals surface area contributed by atoms with Crippen LogP contribution in [0.5, 0.6) is 5.75 Å². The monoisotopic (exact) mass is 563 g/mol. The molecule has 1 N–H and O–H groups in total. The molecule has 0 aliphatic carbocycles. The molecule has 2 aliphatic rings. The molecular formula is C27H37N3O6S2. The van der Waals surface area contributed by atoms with E-state index >= 15 is 0 Å². The highest BCUT2D eigenvalue weighted by Crippen LogP contribution is 2.24. The van der Waals surface area contributed by atoms with Crippen molar-refractivity contribution in [3.05, 3.63) is 59.7 Å². The minimum absolute atomic E-state index is 0.0337. The number of nitrogens with zero attached hydrogens (tertiary/aromatic N) is 2. The number of piperidine rings is 2. The molecule has 0 atom stereocenters. The number of aryl methyl sites for hydroxylation is 1. The summed E-state index contributed by atoms with van der Waals surface area (Å²) in [6.07, 6.45) is 3.79. The molecule has 0 unspecified atom stereocenters. The van der Waals surface area contributed by atoms with E-state index in [0.29, 0.717) is 51.3 Å². The van der Waals surface area contributed by atoms with Crippen molar-refractivity contribution < 1.29 is 26.4 Å². The van der Waals surface area contributed by atoms with E-state index in [1.165, 1.54) is 8.61 Å². The van der Waals surface area contributed by atoms with Gasteiger partial charge in [0.05, 0.1) is 17.2 Å². The summed E-state index contributed by atoms with van der Waals surface area (Å²) in [5.74, 6) is 0.157. The van der Waals surface area contributed by atoms with Crippen LogP contribution < -0.4 is 10.1 Å². The van der Waals surface area contributed by atoms with Crippen LogP contribution in [0.4, 0.5) is 0 Å². The van der Waals surface area contributed by atoms with Crippen LogP contribution in [0.1, 0.15) is 43.2 Å². The number of amides is 1. The van der Waals surface area contributed by atoms with Gasteiger partial charge in [-0.1, -0.05) is 36.2 Å². The normalized spacial score (nSPS) is 18.2. The van der Waals surface area contributed by atoms with Gasteiger partial charge >= 0.3 is 0 Å². The molecule has 2 aliphatic heterocycles. The molecule has 11 heteroatoms. The summed E-state index contributed by atoms with van der Waals surface area (Å²) < 4.78 is 59.8. The quantitative estimate of drug-likeness (QED) is 0.445. The largest absolute Gasteiger partial charge is 0.492 e. The maximum atomic E-state index is 12.8. The predicted octanol–water partition coefficient (Wildman–Crippen LogP) is 2.91. The average molecular weight is 564 g/mol. The van der Waals surface area contributed by atoms with E-state index in [2.05, 4.69) is 5.32 Å². The highest BCUT2D eigenvalue weighted by molar-refractivity contribution is 7.89. The zero-order valence-corrected chi connectivity index (χ0v) is 23.5. The Hall–Kier alpha value is -2.47. The second-order valence-corrected chi connectivity index (χ2v) is 13.9. The van der Waals surface area contributed by atoms with Crippen LogP contribution in [0.3, 0.4) is 0 Å². The van der Waals surface area contributed by atoms with Crippen molar-refractivity contribution in [2.75, 3.05) is 39.3 Å². The number of hydrogen-bond donors (Lipinski definition) is 1. The van der Waals surface area contributed by atoms with Crippen LogP contribution in [0.2, 0.25) is 0 Å². The molecule has 2 aromatic carbocycles. The van der Waals surface area contributed by atoms with E-state index < -0.39 is 20.0 Å². The summed E-state index contributed by atoms with van der Waals surface area (Å²) in [6, 6.07) is 13.9. The summed E-state index contributed by atoms with van der Waals surface area (Å²) in [7, 11) is -6.91. The molecule has 0 spiro atoms. The molecule has 2 aromatic rings. The van der Waals surface area contributed by atoms with Crippen LogP contribution in [-0.4, -0.2) is 70.7 Å². The zero-order chi connectivity index (χ0) is 27.2. The first kappa shape index (κ1) is 28.5. The van der Waals surface area contributed by atoms with E-state index in [9.17, 15) is 21.6 Å². The maximum absolute atomic E-state index is 12.8. The van der Waals surface area contributed by atoms with E-state index in [1.54, 1.807) is 24.3 Å². The van der Waals surface area contributed by atoms with Crippen LogP contribution in [-0.2, 0) is 30.6 Å². The van der Waals surface area contributed by atoms with E-state index in [-0.39, 0.29) is 29.1 Å². The molecule has 1 amide bonds. The van der Waals surface area contributed by atoms with Gasteiger partial charge in [0, 0.05) is 32.1 Å². The number of sulfonamides is 2. The van der Waals surface area contributed by atoms with Gasteiger partial charge in [-0.3, -0.25) is 4.79 Å². The van der Waals surface area contributed by atoms with Crippen molar-refractivity contribution in [1.82, 2.24) is 13.9 Å². The summed E-state index contributed by atoms with van der Waals surface area (Å²) >= 11 is 0. The average Bonchev–Trinajstić information content (AvgIpc) is 2.91. The molecule has 0 bridgehead atoms. The Labute approximate surface area is 226 Å². The first-order chi connectivity index (χ1) is 18.1. The van der Waals surface area contributed by atoms with Crippen molar-refractivity contribution in [3.63, 3.8) is 0 Å². The summed E-state index contributed by atoms with van der Waals surface area (Å²) in [5, 5.41) is 2.87. The third kappa shape index (κ3) is 7.34. The van der Waals surface area contributed by atoms with Gasteiger partial charge in [-0.2, -0.15) is 4.31 Å². The third-order valence-corrected chi connectivity index (χ3v) is 10.9. The smallest absolute Gasteiger partial charge is 0.243 e. The maximum Gasteiger partial charge on any atom is 0.243 e. The number of carbonyl (C=O) groups is 1. The van der Waals surface area contributed by atoms with Gasteiger partial charge in [-0.15, -0.1) is 0 Å². The minimum Gasteiger partial charge on any atom is -0.492 e. The molecular weight excluding hydrogens is 526 g/mol. The van der Waals surface area contributed by atoms with Gasteiger partial charge in [0.2, 0.25) is 26.0 Å². The SMILES string of the molecule is Cc1cccc(CS(=O)(=O)N2CCC(C(=O)NCCOc3ccc(S(=O)(=O)N4CCCCC4)cc3)CC2)c1. The fraction of sp³-hybridized carbons (Fsp3) is 0.519. The molecule has 0 aromatic heterocycles. The number of rotatable bonds is 10. The van der Waals surface area contributed by atoms with Gasteiger partial charge in [-0.05, 0) is 62.4 Å². The molecule has 4 rings (SSSR count). The Balaban J connectivity index is 1.18. The van der Waals surface area contributed by atoms with Gasteiger partial charge in [0.1, 0.15) is 12.4 Å². The molecule has 208 valence electrons. The van der Waals surface area contributed by atoms with Crippen molar-refractivity contribution in [1.29, 1.82) is 0 Å². The second kappa shape index (κ2) is 12.6. The highest BCUT2D eigenvalue weighted by Gasteiger charge is 2.31. The Kier molecular flexibility index (Phi) is 9.45. The van der Waals surface area contributed by atoms with Gasteiger partial charge < -0.3 is 10.1 Å². The standard InChI is InChI=1S/C27H37N3O6S2/c1-22-6-5-7-23(20-22)21-37(32,33)29-17-12-24(13-18-29)27(31)28-14-19-36-25-8-10-26(11-9-25)38(34,35)30-15-3-2-4-16-30/h5-11,20,24H,2-4,12-19,21H2,1H3,(H,28,31). The Morgan fingerprint density at radius 3 is 2.26 bits per heavy atom. The van der Waals surface area contributed by atoms with Gasteiger partial charge in [-0.25, -0.2) is 21.1 Å². The molecule has 2 heterocycles. The van der Waals surface area contributed by atoms with Crippen LogP contribution in [0.25, 0.3) is 0 Å². The molecule has 0 saturated carbocycles. The van der Waals surface area contributed by atoms with Crippen LogP contribution >= 0.6 is 0 Å². The second-order valence-electron chi connectivity index (χ2n) is 9.99. The molecule has 0 radical (unpaired) electrons. The van der Waals surface area contributed by atoms with Crippen LogP contribution in [0, 0.1) is 12.8 Å². The van der Waals surface area contributed by atoms with Gasteiger partial charge in [0.15, 0.2) is 0 Å². The van der Waals surface area contributed by atoms with E-state index in [0.717, 1.165) is 30.4 Å². The summed E-state index contributed by atoms with van der Waals surface area (Å²) in [4.78, 5) is 12.9. The fourth-order valence-electron chi connectivity index (χ4n) is 4.95. The third-order valence-electron chi connectivity index (χ3n) is 7.10. The Bertz CT molecular complexity index is 1300. The molecule has 2 fully saturated rings. The predicted molar refractivity (Wildman–Crippen MR) is 146 cm³/mol. The fourth-order valence-corrected chi connectivity index (χ4v) is 8.02. The molecule has 2 saturated heterocycles. The van der Waals surface area contributed by atoms with E-state index in [1.807, 2.05) is 31.2 Å². The molecule has 38 heavy (non-hydrogen) atoms. The number of ether oxygens (including phenoxy) is 1. The highest BCUT2D eigenvalue weighted by atomic mass is 32.2. The minimum atomic E-state index is -3.48. The summed E-state index contributed by atoms with van der Waals surface area (Å²) in [5.41, 5.74) is 1.79. The number of hydrogen-bond acceptors (Lipinski definition) is 6. The first-order valence-electron chi connectivity index (χ1n) is 13.2. The lowest BCUT2D eigenvalue weighted by Gasteiger charge is -2.30. The van der Waals surface area contributed by atoms with Gasteiger partial charge in [0.25, 0.3) is 0 Å². The zero-order valence-electron chi connectivity index (χ0n) is 21.8. The van der Waals surface area contributed by atoms with Crippen molar-refractivity contribution in [2.24, 2.45) is 5.92 Å².